The fourth-order valence-corrected chi connectivity index (χ4v) is 2.83. The monoisotopic (exact) mass is 336 g/mol. The van der Waals surface area contributed by atoms with E-state index in [0.29, 0.717) is 11.9 Å². The number of anilines is 1. The minimum Gasteiger partial charge on any atom is -0.277 e. The second-order valence-corrected chi connectivity index (χ2v) is 6.22. The third-order valence-electron chi connectivity index (χ3n) is 2.93. The minimum atomic E-state index is -4.06. The van der Waals surface area contributed by atoms with Crippen molar-refractivity contribution < 1.29 is 17.2 Å². The van der Waals surface area contributed by atoms with Crippen molar-refractivity contribution in [3.8, 4) is 5.82 Å². The lowest BCUT2D eigenvalue weighted by molar-refractivity contribution is 0.583. The SMILES string of the molecule is O=S(=O)(Nc1ccc(F)cc1F)c1cnn(-c2ccccn2)c1. The highest BCUT2D eigenvalue weighted by atomic mass is 32.2. The van der Waals surface area contributed by atoms with Gasteiger partial charge in [0.1, 0.15) is 16.5 Å². The van der Waals surface area contributed by atoms with Crippen LogP contribution in [0.1, 0.15) is 0 Å². The zero-order valence-corrected chi connectivity index (χ0v) is 12.3. The first-order valence-corrected chi connectivity index (χ1v) is 7.88. The van der Waals surface area contributed by atoms with Gasteiger partial charge in [-0.2, -0.15) is 5.10 Å². The van der Waals surface area contributed by atoms with Crippen molar-refractivity contribution in [2.75, 3.05) is 4.72 Å². The molecule has 0 radical (unpaired) electrons. The molecule has 2 aromatic heterocycles. The van der Waals surface area contributed by atoms with E-state index in [-0.39, 0.29) is 10.6 Å². The quantitative estimate of drug-likeness (QED) is 0.793. The summed E-state index contributed by atoms with van der Waals surface area (Å²) in [5.41, 5.74) is -0.350. The average molecular weight is 336 g/mol. The second kappa shape index (κ2) is 5.76. The molecular weight excluding hydrogens is 326 g/mol. The predicted molar refractivity (Wildman–Crippen MR) is 78.5 cm³/mol. The number of halogens is 2. The van der Waals surface area contributed by atoms with Crippen LogP contribution in [0, 0.1) is 11.6 Å². The zero-order valence-electron chi connectivity index (χ0n) is 11.5. The Morgan fingerprint density at radius 1 is 1.13 bits per heavy atom. The van der Waals surface area contributed by atoms with Gasteiger partial charge in [-0.3, -0.25) is 4.72 Å². The molecule has 0 saturated carbocycles. The van der Waals surface area contributed by atoms with Crippen LogP contribution < -0.4 is 4.72 Å². The van der Waals surface area contributed by atoms with Crippen molar-refractivity contribution in [2.45, 2.75) is 4.90 Å². The maximum absolute atomic E-state index is 13.6. The van der Waals surface area contributed by atoms with E-state index in [9.17, 15) is 17.2 Å². The van der Waals surface area contributed by atoms with Gasteiger partial charge in [0.15, 0.2) is 5.82 Å². The first-order valence-electron chi connectivity index (χ1n) is 6.40. The number of hydrogen-bond donors (Lipinski definition) is 1. The Hall–Kier alpha value is -2.81. The molecule has 6 nitrogen and oxygen atoms in total. The number of aromatic nitrogens is 3. The van der Waals surface area contributed by atoms with Gasteiger partial charge in [0.25, 0.3) is 10.0 Å². The van der Waals surface area contributed by atoms with E-state index in [2.05, 4.69) is 14.8 Å². The van der Waals surface area contributed by atoms with Crippen molar-refractivity contribution >= 4 is 15.7 Å². The lowest BCUT2D eigenvalue weighted by Crippen LogP contribution is -2.13. The van der Waals surface area contributed by atoms with Crippen LogP contribution in [0.4, 0.5) is 14.5 Å². The van der Waals surface area contributed by atoms with Crippen molar-refractivity contribution in [3.63, 3.8) is 0 Å². The number of nitrogens with one attached hydrogen (secondary N) is 1. The molecule has 0 unspecified atom stereocenters. The number of rotatable bonds is 4. The molecule has 3 aromatic rings. The van der Waals surface area contributed by atoms with Crippen molar-refractivity contribution in [1.29, 1.82) is 0 Å². The number of pyridine rings is 1. The molecule has 0 bridgehead atoms. The smallest absolute Gasteiger partial charge is 0.265 e. The predicted octanol–water partition coefficient (Wildman–Crippen LogP) is 2.35. The molecule has 3 rings (SSSR count). The Morgan fingerprint density at radius 2 is 1.96 bits per heavy atom. The van der Waals surface area contributed by atoms with Crippen LogP contribution in [-0.2, 0) is 10.0 Å². The molecule has 0 atom stereocenters. The Kier molecular flexibility index (Phi) is 3.78. The zero-order chi connectivity index (χ0) is 16.4. The summed E-state index contributed by atoms with van der Waals surface area (Å²) in [4.78, 5) is 3.86. The number of sulfonamides is 1. The van der Waals surface area contributed by atoms with Gasteiger partial charge in [-0.05, 0) is 24.3 Å². The Labute approximate surface area is 130 Å². The lowest BCUT2D eigenvalue weighted by Gasteiger charge is -2.07. The fraction of sp³-hybridized carbons (Fsp3) is 0. The third-order valence-corrected chi connectivity index (χ3v) is 4.25. The van der Waals surface area contributed by atoms with E-state index in [1.807, 2.05) is 0 Å². The Morgan fingerprint density at radius 3 is 2.65 bits per heavy atom. The highest BCUT2D eigenvalue weighted by molar-refractivity contribution is 7.92. The fourth-order valence-electron chi connectivity index (χ4n) is 1.84. The number of benzene rings is 1. The van der Waals surface area contributed by atoms with Crippen LogP contribution in [0.5, 0.6) is 0 Å². The summed E-state index contributed by atoms with van der Waals surface area (Å²) in [5.74, 6) is -1.37. The summed E-state index contributed by atoms with van der Waals surface area (Å²) < 4.78 is 54.2. The van der Waals surface area contributed by atoms with E-state index in [0.717, 1.165) is 18.3 Å². The van der Waals surface area contributed by atoms with Gasteiger partial charge in [-0.1, -0.05) is 6.07 Å². The first-order chi connectivity index (χ1) is 11.0. The number of nitrogens with zero attached hydrogens (tertiary/aromatic N) is 3. The van der Waals surface area contributed by atoms with Crippen molar-refractivity contribution in [1.82, 2.24) is 14.8 Å². The van der Waals surface area contributed by atoms with Crippen LogP contribution in [0.15, 0.2) is 59.9 Å². The molecule has 0 amide bonds. The molecule has 118 valence electrons. The van der Waals surface area contributed by atoms with E-state index in [1.54, 1.807) is 18.2 Å². The van der Waals surface area contributed by atoms with Crippen LogP contribution in [0.3, 0.4) is 0 Å². The van der Waals surface area contributed by atoms with Gasteiger partial charge in [-0.25, -0.2) is 26.9 Å². The van der Waals surface area contributed by atoms with Gasteiger partial charge in [0, 0.05) is 12.3 Å². The van der Waals surface area contributed by atoms with Crippen molar-refractivity contribution in [2.24, 2.45) is 0 Å². The molecule has 0 aliphatic heterocycles. The number of hydrogen-bond acceptors (Lipinski definition) is 4. The highest BCUT2D eigenvalue weighted by Gasteiger charge is 2.19. The van der Waals surface area contributed by atoms with Gasteiger partial charge in [-0.15, -0.1) is 0 Å². The summed E-state index contributed by atoms with van der Waals surface area (Å²) in [5, 5.41) is 3.91. The van der Waals surface area contributed by atoms with E-state index in [4.69, 9.17) is 0 Å². The van der Waals surface area contributed by atoms with E-state index >= 15 is 0 Å². The van der Waals surface area contributed by atoms with Gasteiger partial charge in [0.2, 0.25) is 0 Å². The topological polar surface area (TPSA) is 76.9 Å². The minimum absolute atomic E-state index is 0.174. The molecule has 2 heterocycles. The normalized spacial score (nSPS) is 11.4. The highest BCUT2D eigenvalue weighted by Crippen LogP contribution is 2.20. The summed E-state index contributed by atoms with van der Waals surface area (Å²) in [7, 11) is -4.06. The molecule has 1 aromatic carbocycles. The molecule has 23 heavy (non-hydrogen) atoms. The second-order valence-electron chi connectivity index (χ2n) is 4.54. The summed E-state index contributed by atoms with van der Waals surface area (Å²) in [6.07, 6.45) is 3.89. The van der Waals surface area contributed by atoms with Crippen LogP contribution in [-0.4, -0.2) is 23.2 Å². The maximum atomic E-state index is 13.6. The van der Waals surface area contributed by atoms with Gasteiger partial charge >= 0.3 is 0 Å². The van der Waals surface area contributed by atoms with E-state index in [1.165, 1.54) is 17.1 Å². The molecule has 9 heteroatoms. The Balaban J connectivity index is 1.90. The van der Waals surface area contributed by atoms with Crippen LogP contribution >= 0.6 is 0 Å². The molecule has 1 N–H and O–H groups in total. The van der Waals surface area contributed by atoms with E-state index < -0.39 is 21.7 Å². The van der Waals surface area contributed by atoms with Gasteiger partial charge in [0.05, 0.1) is 18.1 Å². The average Bonchev–Trinajstić information content (AvgIpc) is 3.02. The third kappa shape index (κ3) is 3.19. The lowest BCUT2D eigenvalue weighted by atomic mass is 10.3. The molecule has 0 spiro atoms. The molecule has 0 aliphatic rings. The van der Waals surface area contributed by atoms with Crippen molar-refractivity contribution in [3.05, 3.63) is 66.6 Å². The van der Waals surface area contributed by atoms with Gasteiger partial charge < -0.3 is 0 Å². The standard InChI is InChI=1S/C14H10F2N4O2S/c15-10-4-5-13(12(16)7-10)19-23(21,22)11-8-18-20(9-11)14-3-1-2-6-17-14/h1-9,19H. The summed E-state index contributed by atoms with van der Waals surface area (Å²) >= 11 is 0. The largest absolute Gasteiger partial charge is 0.277 e. The van der Waals surface area contributed by atoms with Crippen LogP contribution in [0.2, 0.25) is 0 Å². The molecule has 0 fully saturated rings. The van der Waals surface area contributed by atoms with Crippen LogP contribution in [0.25, 0.3) is 5.82 Å². The summed E-state index contributed by atoms with van der Waals surface area (Å²) in [6, 6.07) is 7.64. The maximum Gasteiger partial charge on any atom is 0.265 e. The molecule has 0 saturated heterocycles. The first kappa shape index (κ1) is 15.1. The Bertz CT molecular complexity index is 942. The summed E-state index contributed by atoms with van der Waals surface area (Å²) in [6.45, 7) is 0. The molecule has 0 aliphatic carbocycles. The molecular formula is C14H10F2N4O2S.